The first-order valence-electron chi connectivity index (χ1n) is 27.6. The number of rotatable bonds is 16. The molecular formula is C58H78N2O12. The van der Waals surface area contributed by atoms with Crippen LogP contribution in [0.5, 0.6) is 0 Å². The molecule has 11 rings (SSSR count). The Bertz CT molecular complexity index is 2470. The standard InChI is InChI=1S/C58H78N2O12/c1-31(2)55-30-56(55,57-46(70-57)28-43-40-29-68-52(67)39(40)23-25-54(43,7)58(57)51(72-58)50(55)66)71-49(65)22-21-47(63)60-59-33(4)10-8-12-48(64)69-45(36-15-16-36)20-13-32(3)41-18-19-42-35(11-9-24-53(41,42)6)14-17-37-26-38(61)27-44(62)34(37)5/h13-14,17,20,31-32,36,38,41-46,50-51,61-62,66H,5,8-12,15-16,18-19,21-30H2,1-4,6-7H3,(H,60,63)/b20-13+,35-14+,37-17-,59-33+/t32-,38+,41?,42?,43-,44-,45+,46-,50-,51-,53+,54-,55+,56+,57?,58+/m1/s1. The first kappa shape index (κ1) is 50.2. The zero-order chi connectivity index (χ0) is 50.9. The van der Waals surface area contributed by atoms with E-state index in [0.29, 0.717) is 80.7 Å². The van der Waals surface area contributed by atoms with Gasteiger partial charge in [-0.1, -0.05) is 65.0 Å². The minimum Gasteiger partial charge on any atom is -0.458 e. The third kappa shape index (κ3) is 7.50. The molecule has 392 valence electrons. The number of epoxide rings is 2. The van der Waals surface area contributed by atoms with Crippen LogP contribution >= 0.6 is 0 Å². The number of nitrogens with one attached hydrogen (secondary N) is 1. The zero-order valence-electron chi connectivity index (χ0n) is 43.3. The SMILES string of the molecule is C=C1/C(=C\C=C2/CCC[C@]3(C)C2CCC3[C@H](C)/C=C/[C@H](OC(=O)CCC/C(C)=N/NC(=O)CCC(=O)O[C@@]23C[C@]2(C(C)C)[C@H](O)[C@H]2O[C@@]24C32O[C@@H]2C[C@@H]2C3=C(CC[C@]24C)C(=O)OC3)C2CC2)C[C@H](O)C[C@H]1O. The summed E-state index contributed by atoms with van der Waals surface area (Å²) < 4.78 is 31.6. The first-order chi connectivity index (χ1) is 34.3. The summed E-state index contributed by atoms with van der Waals surface area (Å²) >= 11 is 0. The molecule has 0 aromatic rings. The van der Waals surface area contributed by atoms with E-state index in [1.165, 1.54) is 12.0 Å². The van der Waals surface area contributed by atoms with Crippen LogP contribution in [-0.2, 0) is 42.9 Å². The second-order valence-corrected chi connectivity index (χ2v) is 25.0. The highest BCUT2D eigenvalue weighted by atomic mass is 16.7. The number of fused-ring (bicyclic) bond motifs is 4. The van der Waals surface area contributed by atoms with Crippen LogP contribution in [0.4, 0.5) is 0 Å². The summed E-state index contributed by atoms with van der Waals surface area (Å²) in [5.41, 5.74) is 4.25. The summed E-state index contributed by atoms with van der Waals surface area (Å²) in [6, 6.07) is 0. The minimum atomic E-state index is -1.10. The number of ether oxygens (including phenoxy) is 5. The molecule has 14 heteroatoms. The van der Waals surface area contributed by atoms with Crippen molar-refractivity contribution in [3.8, 4) is 0 Å². The van der Waals surface area contributed by atoms with Gasteiger partial charge in [0, 0.05) is 47.8 Å². The molecule has 0 aromatic carbocycles. The van der Waals surface area contributed by atoms with Crippen LogP contribution in [0.3, 0.4) is 0 Å². The van der Waals surface area contributed by atoms with E-state index in [1.807, 2.05) is 13.8 Å². The average molecular weight is 995 g/mol. The van der Waals surface area contributed by atoms with Crippen molar-refractivity contribution in [1.29, 1.82) is 0 Å². The van der Waals surface area contributed by atoms with Crippen molar-refractivity contribution in [3.63, 3.8) is 0 Å². The average Bonchev–Trinajstić information content (AvgIpc) is 4.20. The molecule has 72 heavy (non-hydrogen) atoms. The van der Waals surface area contributed by atoms with Crippen molar-refractivity contribution in [2.45, 2.75) is 211 Å². The lowest BCUT2D eigenvalue weighted by molar-refractivity contribution is -0.180. The number of esters is 3. The monoisotopic (exact) mass is 995 g/mol. The summed E-state index contributed by atoms with van der Waals surface area (Å²) in [5.74, 6) is 0.205. The number of hydrazone groups is 1. The number of aliphatic hydroxyl groups is 3. The van der Waals surface area contributed by atoms with E-state index in [-0.39, 0.29) is 67.3 Å². The number of hydrogen-bond donors (Lipinski definition) is 4. The summed E-state index contributed by atoms with van der Waals surface area (Å²) in [6.45, 7) is 17.2. The van der Waals surface area contributed by atoms with Gasteiger partial charge in [-0.15, -0.1) is 0 Å². The number of carbonyl (C=O) groups excluding carboxylic acids is 4. The third-order valence-electron chi connectivity index (χ3n) is 21.0. The first-order valence-corrected chi connectivity index (χ1v) is 27.6. The van der Waals surface area contributed by atoms with Gasteiger partial charge in [0.05, 0.1) is 30.8 Å². The number of nitrogens with zero attached hydrogens (tertiary/aromatic N) is 1. The van der Waals surface area contributed by atoms with E-state index in [0.717, 1.165) is 60.8 Å². The van der Waals surface area contributed by atoms with Gasteiger partial charge in [0.15, 0.2) is 11.2 Å². The highest BCUT2D eigenvalue weighted by Gasteiger charge is 3.06. The second-order valence-electron chi connectivity index (χ2n) is 25.0. The molecule has 1 amide bonds. The number of cyclic esters (lactones) is 1. The summed E-state index contributed by atoms with van der Waals surface area (Å²) in [5, 5.41) is 37.0. The fourth-order valence-electron chi connectivity index (χ4n) is 16.9. The van der Waals surface area contributed by atoms with Gasteiger partial charge in [0.25, 0.3) is 0 Å². The Labute approximate surface area is 424 Å². The molecule has 16 atom stereocenters. The molecule has 3 heterocycles. The van der Waals surface area contributed by atoms with Crippen molar-refractivity contribution in [2.24, 2.45) is 56.9 Å². The second kappa shape index (κ2) is 17.8. The van der Waals surface area contributed by atoms with E-state index in [9.17, 15) is 34.5 Å². The Morgan fingerprint density at radius 3 is 2.47 bits per heavy atom. The highest BCUT2D eigenvalue weighted by Crippen LogP contribution is 2.90. The van der Waals surface area contributed by atoms with Gasteiger partial charge in [-0.3, -0.25) is 14.4 Å². The molecule has 7 saturated carbocycles. The van der Waals surface area contributed by atoms with Crippen LogP contribution in [0.2, 0.25) is 0 Å². The summed E-state index contributed by atoms with van der Waals surface area (Å²) in [7, 11) is 0. The van der Waals surface area contributed by atoms with Gasteiger partial charge >= 0.3 is 17.9 Å². The molecule has 4 N–H and O–H groups in total. The summed E-state index contributed by atoms with van der Waals surface area (Å²) in [6.07, 6.45) is 17.7. The zero-order valence-corrected chi connectivity index (χ0v) is 43.3. The van der Waals surface area contributed by atoms with Crippen LogP contribution < -0.4 is 5.43 Å². The molecule has 9 fully saturated rings. The Balaban J connectivity index is 0.645. The molecule has 2 saturated heterocycles. The maximum Gasteiger partial charge on any atom is 0.334 e. The van der Waals surface area contributed by atoms with Crippen LogP contribution in [-0.4, -0.2) is 105 Å². The quantitative estimate of drug-likeness (QED) is 0.0293. The lowest BCUT2D eigenvalue weighted by atomic mass is 9.46. The molecule has 8 aliphatic carbocycles. The van der Waals surface area contributed by atoms with Crippen LogP contribution in [0.15, 0.2) is 63.8 Å². The van der Waals surface area contributed by atoms with E-state index >= 15 is 0 Å². The van der Waals surface area contributed by atoms with Crippen molar-refractivity contribution < 1.29 is 58.2 Å². The number of carbonyl (C=O) groups is 4. The Morgan fingerprint density at radius 1 is 0.917 bits per heavy atom. The molecule has 0 radical (unpaired) electrons. The van der Waals surface area contributed by atoms with Crippen molar-refractivity contribution in [1.82, 2.24) is 5.43 Å². The predicted octanol–water partition coefficient (Wildman–Crippen LogP) is 7.74. The predicted molar refractivity (Wildman–Crippen MR) is 265 cm³/mol. The van der Waals surface area contributed by atoms with Crippen molar-refractivity contribution >= 4 is 29.5 Å². The fraction of sp³-hybridized carbons (Fsp3) is 0.741. The lowest BCUT2D eigenvalue weighted by Crippen LogP contribution is -2.70. The van der Waals surface area contributed by atoms with Gasteiger partial charge in [-0.25, -0.2) is 10.2 Å². The normalized spacial score (nSPS) is 44.2. The summed E-state index contributed by atoms with van der Waals surface area (Å²) in [4.78, 5) is 52.7. The maximum atomic E-state index is 13.8. The van der Waals surface area contributed by atoms with E-state index in [1.54, 1.807) is 6.92 Å². The number of aliphatic hydroxyl groups excluding tert-OH is 3. The van der Waals surface area contributed by atoms with E-state index in [4.69, 9.17) is 23.7 Å². The molecule has 3 unspecified atom stereocenters. The van der Waals surface area contributed by atoms with Crippen LogP contribution in [0.1, 0.15) is 157 Å². The molecular weight excluding hydrogens is 917 g/mol. The van der Waals surface area contributed by atoms with Crippen LogP contribution in [0, 0.1) is 51.8 Å². The van der Waals surface area contributed by atoms with Gasteiger partial charge in [-0.2, -0.15) is 5.10 Å². The number of hydrogen-bond acceptors (Lipinski definition) is 13. The third-order valence-corrected chi connectivity index (χ3v) is 21.0. The van der Waals surface area contributed by atoms with Crippen molar-refractivity contribution in [3.05, 3.63) is 58.7 Å². The minimum absolute atomic E-state index is 0.00428. The lowest BCUT2D eigenvalue weighted by Gasteiger charge is -2.55. The number of amides is 1. The van der Waals surface area contributed by atoms with E-state index in [2.05, 4.69) is 62.2 Å². The molecule has 2 spiro atoms. The maximum absolute atomic E-state index is 13.8. The fourth-order valence-corrected chi connectivity index (χ4v) is 16.9. The van der Waals surface area contributed by atoms with Gasteiger partial charge < -0.3 is 39.0 Å². The van der Waals surface area contributed by atoms with Crippen molar-refractivity contribution in [2.75, 3.05) is 6.61 Å². The van der Waals surface area contributed by atoms with Gasteiger partial charge in [0.1, 0.15) is 24.4 Å². The topological polar surface area (TPSA) is 206 Å². The van der Waals surface area contributed by atoms with Gasteiger partial charge in [-0.05, 0) is 154 Å². The van der Waals surface area contributed by atoms with Gasteiger partial charge in [0.2, 0.25) is 5.91 Å². The van der Waals surface area contributed by atoms with E-state index < -0.39 is 63.9 Å². The number of allylic oxidation sites excluding steroid dienone is 4. The molecule has 0 aromatic heterocycles. The Hall–Kier alpha value is -3.95. The smallest absolute Gasteiger partial charge is 0.334 e. The van der Waals surface area contributed by atoms with Crippen LogP contribution in [0.25, 0.3) is 0 Å². The highest BCUT2D eigenvalue weighted by molar-refractivity contribution is 5.92. The molecule has 14 nitrogen and oxygen atoms in total. The largest absolute Gasteiger partial charge is 0.458 e. The Kier molecular flexibility index (Phi) is 12.4. The molecule has 3 aliphatic heterocycles. The molecule has 0 bridgehead atoms. The molecule has 11 aliphatic rings. The Morgan fingerprint density at radius 2 is 1.71 bits per heavy atom.